The van der Waals surface area contributed by atoms with E-state index in [0.29, 0.717) is 0 Å². The molecule has 0 spiro atoms. The average Bonchev–Trinajstić information content (AvgIpc) is 1.81. The minimum absolute atomic E-state index is 0.0856. The second kappa shape index (κ2) is 3.90. The van der Waals surface area contributed by atoms with E-state index in [1.54, 1.807) is 0 Å². The van der Waals surface area contributed by atoms with Crippen molar-refractivity contribution in [3.63, 3.8) is 0 Å². The Bertz CT molecular complexity index is 158. The zero-order chi connectivity index (χ0) is 8.15. The van der Waals surface area contributed by atoms with E-state index in [-0.39, 0.29) is 24.3 Å². The lowest BCUT2D eigenvalue weighted by atomic mass is 10.1. The van der Waals surface area contributed by atoms with Crippen LogP contribution in [0.1, 0.15) is 13.3 Å². The van der Waals surface area contributed by atoms with Crippen LogP contribution in [0.3, 0.4) is 0 Å². The van der Waals surface area contributed by atoms with Crippen LogP contribution >= 0.6 is 0 Å². The fraction of sp³-hybridized carbons (Fsp3) is 0.500. The third-order valence-electron chi connectivity index (χ3n) is 1.10. The van der Waals surface area contributed by atoms with E-state index in [1.807, 2.05) is 0 Å². The smallest absolute Gasteiger partial charge is 0.333 e. The van der Waals surface area contributed by atoms with Gasteiger partial charge >= 0.3 is 5.97 Å². The van der Waals surface area contributed by atoms with E-state index < -0.39 is 5.97 Å². The Morgan fingerprint density at radius 1 is 1.60 bits per heavy atom. The lowest BCUT2D eigenvalue weighted by Crippen LogP contribution is -2.09. The minimum atomic E-state index is -1.06. The molecule has 0 aliphatic heterocycles. The van der Waals surface area contributed by atoms with Gasteiger partial charge in [0, 0.05) is 18.7 Å². The standard InChI is InChI=1S/C6H11NO3/c1-4(7)5(2-3-8)6(9)10/h8H,2-3,7H2,1H3,(H,9,10)/b5-4-. The molecule has 0 aromatic carbocycles. The number of nitrogens with two attached hydrogens (primary N) is 1. The molecule has 0 radical (unpaired) electrons. The molecule has 0 atom stereocenters. The monoisotopic (exact) mass is 145 g/mol. The van der Waals surface area contributed by atoms with E-state index in [9.17, 15) is 4.79 Å². The summed E-state index contributed by atoms with van der Waals surface area (Å²) in [5.41, 5.74) is 5.55. The molecule has 0 aromatic rings. The van der Waals surface area contributed by atoms with Crippen molar-refractivity contribution in [2.24, 2.45) is 5.73 Å². The Morgan fingerprint density at radius 2 is 2.10 bits per heavy atom. The van der Waals surface area contributed by atoms with Crippen LogP contribution < -0.4 is 5.73 Å². The quantitative estimate of drug-likeness (QED) is 0.475. The number of aliphatic carboxylic acids is 1. The van der Waals surface area contributed by atoms with Gasteiger partial charge in [-0.3, -0.25) is 0 Å². The highest BCUT2D eigenvalue weighted by atomic mass is 16.4. The first-order valence-electron chi connectivity index (χ1n) is 2.89. The molecular weight excluding hydrogens is 134 g/mol. The van der Waals surface area contributed by atoms with Gasteiger partial charge in [0.05, 0.1) is 5.57 Å². The van der Waals surface area contributed by atoms with Crippen molar-refractivity contribution in [2.75, 3.05) is 6.61 Å². The zero-order valence-corrected chi connectivity index (χ0v) is 5.79. The van der Waals surface area contributed by atoms with Crippen molar-refractivity contribution >= 4 is 5.97 Å². The van der Waals surface area contributed by atoms with Gasteiger partial charge in [0.2, 0.25) is 0 Å². The Balaban J connectivity index is 4.28. The number of aliphatic hydroxyl groups excluding tert-OH is 1. The molecule has 4 heteroatoms. The number of hydrogen-bond donors (Lipinski definition) is 3. The number of carbonyl (C=O) groups is 1. The molecule has 0 bridgehead atoms. The van der Waals surface area contributed by atoms with Crippen LogP contribution in [-0.4, -0.2) is 22.8 Å². The molecule has 58 valence electrons. The molecule has 0 saturated heterocycles. The molecule has 0 aliphatic rings. The molecule has 4 nitrogen and oxygen atoms in total. The number of carboxylic acids is 1. The molecule has 0 fully saturated rings. The molecule has 4 N–H and O–H groups in total. The summed E-state index contributed by atoms with van der Waals surface area (Å²) in [4.78, 5) is 10.3. The van der Waals surface area contributed by atoms with Crippen LogP contribution in [0.5, 0.6) is 0 Å². The van der Waals surface area contributed by atoms with Crippen LogP contribution in [0.15, 0.2) is 11.3 Å². The SMILES string of the molecule is C/C(N)=C(\CCO)C(=O)O. The molecule has 0 unspecified atom stereocenters. The summed E-state index contributed by atoms with van der Waals surface area (Å²) in [6.45, 7) is 1.31. The van der Waals surface area contributed by atoms with Crippen molar-refractivity contribution in [1.29, 1.82) is 0 Å². The zero-order valence-electron chi connectivity index (χ0n) is 5.79. The predicted octanol–water partition coefficient (Wildman–Crippen LogP) is -0.314. The lowest BCUT2D eigenvalue weighted by molar-refractivity contribution is -0.133. The van der Waals surface area contributed by atoms with Crippen LogP contribution in [0.4, 0.5) is 0 Å². The van der Waals surface area contributed by atoms with E-state index in [4.69, 9.17) is 15.9 Å². The van der Waals surface area contributed by atoms with Gasteiger partial charge in [0.1, 0.15) is 0 Å². The van der Waals surface area contributed by atoms with Gasteiger partial charge < -0.3 is 15.9 Å². The summed E-state index contributed by atoms with van der Waals surface area (Å²) in [6.07, 6.45) is 0.109. The predicted molar refractivity (Wildman–Crippen MR) is 36.2 cm³/mol. The maximum absolute atomic E-state index is 10.3. The number of carboxylic acid groups (broad SMARTS) is 1. The van der Waals surface area contributed by atoms with Crippen molar-refractivity contribution in [1.82, 2.24) is 0 Å². The number of allylic oxidation sites excluding steroid dienone is 1. The highest BCUT2D eigenvalue weighted by Gasteiger charge is 2.07. The summed E-state index contributed by atoms with van der Waals surface area (Å²) in [7, 11) is 0. The Morgan fingerprint density at radius 3 is 2.20 bits per heavy atom. The Kier molecular flexibility index (Phi) is 3.49. The second-order valence-corrected chi connectivity index (χ2v) is 1.94. The van der Waals surface area contributed by atoms with E-state index in [1.165, 1.54) is 6.92 Å². The lowest BCUT2D eigenvalue weighted by Gasteiger charge is -2.00. The van der Waals surface area contributed by atoms with Gasteiger partial charge in [-0.15, -0.1) is 0 Å². The average molecular weight is 145 g/mol. The molecule has 0 amide bonds. The van der Waals surface area contributed by atoms with Crippen LogP contribution in [0, 0.1) is 0 Å². The molecule has 0 aromatic heterocycles. The number of rotatable bonds is 3. The molecule has 0 saturated carbocycles. The van der Waals surface area contributed by atoms with Crippen molar-refractivity contribution in [2.45, 2.75) is 13.3 Å². The molecule has 0 rings (SSSR count). The van der Waals surface area contributed by atoms with Crippen LogP contribution in [0.2, 0.25) is 0 Å². The molecule has 0 heterocycles. The first-order valence-corrected chi connectivity index (χ1v) is 2.89. The van der Waals surface area contributed by atoms with Gasteiger partial charge in [-0.1, -0.05) is 0 Å². The largest absolute Gasteiger partial charge is 0.478 e. The topological polar surface area (TPSA) is 83.5 Å². The second-order valence-electron chi connectivity index (χ2n) is 1.94. The summed E-state index contributed by atoms with van der Waals surface area (Å²) in [6, 6.07) is 0. The van der Waals surface area contributed by atoms with Crippen LogP contribution in [0.25, 0.3) is 0 Å². The first kappa shape index (κ1) is 8.97. The van der Waals surface area contributed by atoms with Crippen molar-refractivity contribution in [3.8, 4) is 0 Å². The van der Waals surface area contributed by atoms with Gasteiger partial charge in [-0.05, 0) is 6.92 Å². The number of aliphatic hydroxyl groups is 1. The maximum Gasteiger partial charge on any atom is 0.333 e. The number of hydrogen-bond acceptors (Lipinski definition) is 3. The Labute approximate surface area is 59.0 Å². The summed E-state index contributed by atoms with van der Waals surface area (Å²) < 4.78 is 0. The normalized spacial score (nSPS) is 12.6. The summed E-state index contributed by atoms with van der Waals surface area (Å²) >= 11 is 0. The van der Waals surface area contributed by atoms with Gasteiger partial charge in [-0.2, -0.15) is 0 Å². The Hall–Kier alpha value is -1.03. The van der Waals surface area contributed by atoms with E-state index >= 15 is 0 Å². The van der Waals surface area contributed by atoms with Crippen molar-refractivity contribution < 1.29 is 15.0 Å². The summed E-state index contributed by atoms with van der Waals surface area (Å²) in [5, 5.41) is 16.8. The molecule has 10 heavy (non-hydrogen) atoms. The fourth-order valence-corrected chi connectivity index (χ4v) is 0.585. The third-order valence-corrected chi connectivity index (χ3v) is 1.10. The highest BCUT2D eigenvalue weighted by molar-refractivity contribution is 5.87. The van der Waals surface area contributed by atoms with E-state index in [0.717, 1.165) is 0 Å². The van der Waals surface area contributed by atoms with Gasteiger partial charge in [0.15, 0.2) is 0 Å². The van der Waals surface area contributed by atoms with Crippen molar-refractivity contribution in [3.05, 3.63) is 11.3 Å². The van der Waals surface area contributed by atoms with Gasteiger partial charge in [-0.25, -0.2) is 4.79 Å². The molecular formula is C6H11NO3. The third kappa shape index (κ3) is 2.50. The van der Waals surface area contributed by atoms with Crippen LogP contribution in [-0.2, 0) is 4.79 Å². The van der Waals surface area contributed by atoms with Gasteiger partial charge in [0.25, 0.3) is 0 Å². The van der Waals surface area contributed by atoms with E-state index in [2.05, 4.69) is 0 Å². The fourth-order valence-electron chi connectivity index (χ4n) is 0.585. The first-order chi connectivity index (χ1) is 4.59. The minimum Gasteiger partial charge on any atom is -0.478 e. The highest BCUT2D eigenvalue weighted by Crippen LogP contribution is 2.03. The molecule has 0 aliphatic carbocycles. The maximum atomic E-state index is 10.3. The summed E-state index contributed by atoms with van der Waals surface area (Å²) in [5.74, 6) is -1.06.